The number of carbonyl (C=O) groups excluding carboxylic acids is 1. The molecule has 1 saturated heterocycles. The molecule has 1 aliphatic heterocycles. The summed E-state index contributed by atoms with van der Waals surface area (Å²) in [6.07, 6.45) is 5.51. The second-order valence-corrected chi connectivity index (χ2v) is 9.64. The zero-order valence-corrected chi connectivity index (χ0v) is 21.3. The first-order chi connectivity index (χ1) is 17.5. The molecule has 5 heteroatoms. The van der Waals surface area contributed by atoms with Crippen molar-refractivity contribution in [2.45, 2.75) is 33.2 Å². The number of terminal acetylenes is 1. The predicted molar refractivity (Wildman–Crippen MR) is 146 cm³/mol. The molecule has 5 nitrogen and oxygen atoms in total. The second kappa shape index (κ2) is 10.1. The Bertz CT molecular complexity index is 1300. The summed E-state index contributed by atoms with van der Waals surface area (Å²) in [6.45, 7) is 10.7. The fourth-order valence-electron chi connectivity index (χ4n) is 5.91. The van der Waals surface area contributed by atoms with Crippen molar-refractivity contribution in [2.24, 2.45) is 0 Å². The van der Waals surface area contributed by atoms with E-state index in [4.69, 9.17) is 11.2 Å². The lowest BCUT2D eigenvalue weighted by molar-refractivity contribution is 0.142. The normalized spacial score (nSPS) is 14.7. The molecule has 0 atom stereocenters. The molecule has 0 saturated carbocycles. The van der Waals surface area contributed by atoms with E-state index in [1.54, 1.807) is 0 Å². The Morgan fingerprint density at radius 3 is 2.22 bits per heavy atom. The van der Waals surface area contributed by atoms with Gasteiger partial charge in [-0.25, -0.2) is 4.79 Å². The summed E-state index contributed by atoms with van der Waals surface area (Å²) in [5.74, 6) is 2.93. The zero-order valence-electron chi connectivity index (χ0n) is 21.3. The van der Waals surface area contributed by atoms with E-state index < -0.39 is 6.09 Å². The van der Waals surface area contributed by atoms with Crippen LogP contribution < -0.4 is 15.5 Å². The lowest BCUT2D eigenvalue weighted by Crippen LogP contribution is -2.44. The molecule has 0 unspecified atom stereocenters. The van der Waals surface area contributed by atoms with Gasteiger partial charge in [-0.05, 0) is 65.3 Å². The Hall–Kier alpha value is -3.75. The quantitative estimate of drug-likeness (QED) is 0.504. The Morgan fingerprint density at radius 1 is 1.00 bits per heavy atom. The topological polar surface area (TPSA) is 53.6 Å². The molecule has 2 aliphatic rings. The molecule has 1 aliphatic carbocycles. The van der Waals surface area contributed by atoms with Gasteiger partial charge in [0.2, 0.25) is 0 Å². The van der Waals surface area contributed by atoms with Gasteiger partial charge in [0.1, 0.15) is 6.61 Å². The molecular weight excluding hydrogens is 446 g/mol. The van der Waals surface area contributed by atoms with Crippen LogP contribution in [0.1, 0.15) is 44.9 Å². The first-order valence-electron chi connectivity index (χ1n) is 12.6. The van der Waals surface area contributed by atoms with Gasteiger partial charge in [0, 0.05) is 49.9 Å². The number of nitrogens with zero attached hydrogens (tertiary/aromatic N) is 1. The number of piperazine rings is 1. The molecule has 36 heavy (non-hydrogen) atoms. The average Bonchev–Trinajstić information content (AvgIpc) is 3.22. The third kappa shape index (κ3) is 4.23. The van der Waals surface area contributed by atoms with Crippen LogP contribution in [0.15, 0.2) is 48.5 Å². The number of fused-ring (bicyclic) bond motifs is 3. The summed E-state index contributed by atoms with van der Waals surface area (Å²) in [5, 5.41) is 6.41. The van der Waals surface area contributed by atoms with E-state index in [2.05, 4.69) is 71.7 Å². The highest BCUT2D eigenvalue weighted by molar-refractivity contribution is 5.79. The summed E-state index contributed by atoms with van der Waals surface area (Å²) >= 11 is 0. The number of alkyl carbamates (subject to hydrolysis) is 1. The first-order valence-corrected chi connectivity index (χ1v) is 12.6. The number of anilines is 1. The Kier molecular flexibility index (Phi) is 6.71. The van der Waals surface area contributed by atoms with Crippen molar-refractivity contribution >= 4 is 11.8 Å². The molecule has 1 amide bonds. The summed E-state index contributed by atoms with van der Waals surface area (Å²) in [5.41, 5.74) is 11.4. The molecular formula is C31H33N3O2. The molecule has 5 rings (SSSR count). The number of rotatable bonds is 5. The second-order valence-electron chi connectivity index (χ2n) is 9.64. The van der Waals surface area contributed by atoms with Gasteiger partial charge in [-0.1, -0.05) is 54.5 Å². The van der Waals surface area contributed by atoms with Crippen molar-refractivity contribution in [2.75, 3.05) is 37.7 Å². The Labute approximate surface area is 213 Å². The van der Waals surface area contributed by atoms with Crippen LogP contribution in [0.4, 0.5) is 10.5 Å². The van der Waals surface area contributed by atoms with Crippen LogP contribution in [0.25, 0.3) is 11.1 Å². The highest BCUT2D eigenvalue weighted by atomic mass is 16.5. The van der Waals surface area contributed by atoms with Crippen LogP contribution in [0.2, 0.25) is 0 Å². The minimum atomic E-state index is -0.415. The molecule has 0 aromatic heterocycles. The largest absolute Gasteiger partial charge is 0.449 e. The molecule has 184 valence electrons. The summed E-state index contributed by atoms with van der Waals surface area (Å²) in [7, 11) is 0. The van der Waals surface area contributed by atoms with Gasteiger partial charge in [-0.2, -0.15) is 0 Å². The Morgan fingerprint density at radius 2 is 1.61 bits per heavy atom. The van der Waals surface area contributed by atoms with E-state index >= 15 is 0 Å². The van der Waals surface area contributed by atoms with Crippen molar-refractivity contribution < 1.29 is 9.53 Å². The molecule has 3 aromatic rings. The van der Waals surface area contributed by atoms with Crippen molar-refractivity contribution in [1.82, 2.24) is 10.6 Å². The van der Waals surface area contributed by atoms with Gasteiger partial charge < -0.3 is 20.3 Å². The molecule has 0 spiro atoms. The van der Waals surface area contributed by atoms with Crippen LogP contribution in [0.3, 0.4) is 0 Å². The number of carbonyl (C=O) groups is 1. The maximum absolute atomic E-state index is 12.8. The third-order valence-electron chi connectivity index (χ3n) is 7.70. The summed E-state index contributed by atoms with van der Waals surface area (Å²) < 4.78 is 5.76. The van der Waals surface area contributed by atoms with Crippen molar-refractivity contribution in [3.63, 3.8) is 0 Å². The molecule has 3 aromatic carbocycles. The highest BCUT2D eigenvalue weighted by Crippen LogP contribution is 2.44. The number of hydrogen-bond acceptors (Lipinski definition) is 4. The van der Waals surface area contributed by atoms with Crippen molar-refractivity contribution in [3.8, 4) is 23.5 Å². The lowest BCUT2D eigenvalue weighted by Gasteiger charge is -2.34. The van der Waals surface area contributed by atoms with Crippen LogP contribution in [-0.4, -0.2) is 38.9 Å². The van der Waals surface area contributed by atoms with Crippen molar-refractivity contribution in [3.05, 3.63) is 87.5 Å². The molecule has 1 fully saturated rings. The van der Waals surface area contributed by atoms with Gasteiger partial charge >= 0.3 is 6.09 Å². The molecule has 1 heterocycles. The highest BCUT2D eigenvalue weighted by Gasteiger charge is 2.29. The van der Waals surface area contributed by atoms with Crippen LogP contribution >= 0.6 is 0 Å². The van der Waals surface area contributed by atoms with Crippen LogP contribution in [-0.2, 0) is 11.3 Å². The smallest absolute Gasteiger partial charge is 0.407 e. The standard InChI is InChI=1S/C31H33N3O2/c1-5-23-20(2)28(22(4)30(21(23)3)34-16-14-32-15-17-34)18-33-31(35)36-19-29-26-12-8-6-10-24(26)25-11-7-9-13-27(25)29/h1,6-13,29,32H,14-19H2,2-4H3,(H,33,35). The van der Waals surface area contributed by atoms with Gasteiger partial charge in [0.25, 0.3) is 0 Å². The predicted octanol–water partition coefficient (Wildman–Crippen LogP) is 5.04. The number of hydrogen-bond donors (Lipinski definition) is 2. The summed E-state index contributed by atoms with van der Waals surface area (Å²) in [6, 6.07) is 16.7. The van der Waals surface area contributed by atoms with Gasteiger partial charge in [0.05, 0.1) is 0 Å². The van der Waals surface area contributed by atoms with E-state index in [9.17, 15) is 4.79 Å². The van der Waals surface area contributed by atoms with E-state index in [1.165, 1.54) is 33.5 Å². The maximum Gasteiger partial charge on any atom is 0.407 e. The van der Waals surface area contributed by atoms with Gasteiger partial charge in [-0.3, -0.25) is 0 Å². The SMILES string of the molecule is C#Cc1c(C)c(CNC(=O)OCC2c3ccccc3-c3ccccc32)c(C)c(N2CCNCC2)c1C. The Balaban J connectivity index is 1.32. The zero-order chi connectivity index (χ0) is 25.2. The van der Waals surface area contributed by atoms with E-state index in [0.717, 1.165) is 48.4 Å². The van der Waals surface area contributed by atoms with Gasteiger partial charge in [0.15, 0.2) is 0 Å². The van der Waals surface area contributed by atoms with Crippen LogP contribution in [0.5, 0.6) is 0 Å². The summed E-state index contributed by atoms with van der Waals surface area (Å²) in [4.78, 5) is 15.2. The van der Waals surface area contributed by atoms with Crippen molar-refractivity contribution in [1.29, 1.82) is 0 Å². The number of ether oxygens (including phenoxy) is 1. The van der Waals surface area contributed by atoms with E-state index in [1.807, 2.05) is 19.1 Å². The minimum Gasteiger partial charge on any atom is -0.449 e. The minimum absolute atomic E-state index is 0.0401. The van der Waals surface area contributed by atoms with Crippen LogP contribution in [0, 0.1) is 33.1 Å². The van der Waals surface area contributed by atoms with E-state index in [0.29, 0.717) is 13.2 Å². The monoisotopic (exact) mass is 479 g/mol. The number of nitrogens with one attached hydrogen (secondary N) is 2. The fourth-order valence-corrected chi connectivity index (χ4v) is 5.91. The lowest BCUT2D eigenvalue weighted by atomic mass is 9.90. The van der Waals surface area contributed by atoms with E-state index in [-0.39, 0.29) is 5.92 Å². The number of amides is 1. The third-order valence-corrected chi connectivity index (χ3v) is 7.70. The van der Waals surface area contributed by atoms with Gasteiger partial charge in [-0.15, -0.1) is 6.42 Å². The first kappa shape index (κ1) is 24.0. The number of benzene rings is 3. The molecule has 2 N–H and O–H groups in total. The maximum atomic E-state index is 12.8. The fraction of sp³-hybridized carbons (Fsp3) is 0.323. The average molecular weight is 480 g/mol. The molecule has 0 radical (unpaired) electrons. The molecule has 0 bridgehead atoms.